The van der Waals surface area contributed by atoms with Crippen LogP contribution in [0.25, 0.3) is 0 Å². The van der Waals surface area contributed by atoms with Gasteiger partial charge in [-0.3, -0.25) is 13.8 Å². The summed E-state index contributed by atoms with van der Waals surface area (Å²) in [6.45, 7) is 4.21. The minimum atomic E-state index is -5.03. The van der Waals surface area contributed by atoms with Crippen molar-refractivity contribution in [1.82, 2.24) is 0 Å². The maximum Gasteiger partial charge on any atom is 0.472 e. The minimum Gasteiger partial charge on any atom is -0.457 e. The summed E-state index contributed by atoms with van der Waals surface area (Å²) < 4.78 is 34.3. The SMILES string of the molecule is CCCCC/C=C\C/C=C\CCCCCCCCOCC(COP(=O)(O)OC1C(O)C(O)C(O)C(O)C1O)OC(=O)CCCCCCCCCCC/C=C\C/C=C\CCCCCCC. The first-order valence-corrected chi connectivity index (χ1v) is 27.0. The number of carbonyl (C=O) groups excluding carboxylic acids is 1. The molecule has 374 valence electrons. The fraction of sp³-hybridized carbons (Fsp3) is 0.824. The number of aliphatic hydroxyl groups excluding tert-OH is 5. The lowest BCUT2D eigenvalue weighted by Crippen LogP contribution is -2.64. The predicted molar refractivity (Wildman–Crippen MR) is 258 cm³/mol. The number of hydrogen-bond acceptors (Lipinski definition) is 11. The molecule has 6 unspecified atom stereocenters. The maximum atomic E-state index is 12.8. The Morgan fingerprint density at radius 2 is 0.875 bits per heavy atom. The van der Waals surface area contributed by atoms with Crippen molar-refractivity contribution in [3.05, 3.63) is 48.6 Å². The van der Waals surface area contributed by atoms with Gasteiger partial charge in [0.15, 0.2) is 0 Å². The Bertz CT molecular complexity index is 1240. The van der Waals surface area contributed by atoms with Gasteiger partial charge in [-0.05, 0) is 77.0 Å². The Hall–Kier alpha value is -1.70. The fourth-order valence-electron chi connectivity index (χ4n) is 7.59. The van der Waals surface area contributed by atoms with Crippen LogP contribution < -0.4 is 0 Å². The number of ether oxygens (including phenoxy) is 2. The fourth-order valence-corrected chi connectivity index (χ4v) is 8.57. The summed E-state index contributed by atoms with van der Waals surface area (Å²) >= 11 is 0. The third-order valence-corrected chi connectivity index (χ3v) is 12.7. The van der Waals surface area contributed by atoms with Gasteiger partial charge in [-0.25, -0.2) is 4.57 Å². The van der Waals surface area contributed by atoms with E-state index < -0.39 is 63.1 Å². The molecule has 1 aliphatic carbocycles. The summed E-state index contributed by atoms with van der Waals surface area (Å²) in [6, 6.07) is 0. The van der Waals surface area contributed by atoms with Gasteiger partial charge in [-0.15, -0.1) is 0 Å². The van der Waals surface area contributed by atoms with Crippen molar-refractivity contribution < 1.29 is 58.3 Å². The minimum absolute atomic E-state index is 0.0861. The number of rotatable bonds is 43. The largest absolute Gasteiger partial charge is 0.472 e. The Labute approximate surface area is 388 Å². The number of carbonyl (C=O) groups is 1. The lowest BCUT2D eigenvalue weighted by molar-refractivity contribution is -0.220. The van der Waals surface area contributed by atoms with E-state index in [4.69, 9.17) is 18.5 Å². The van der Waals surface area contributed by atoms with E-state index in [0.717, 1.165) is 77.0 Å². The molecule has 0 bridgehead atoms. The topological polar surface area (TPSA) is 192 Å². The van der Waals surface area contributed by atoms with Gasteiger partial charge >= 0.3 is 13.8 Å². The van der Waals surface area contributed by atoms with Gasteiger partial charge in [-0.1, -0.05) is 172 Å². The van der Waals surface area contributed by atoms with Crippen molar-refractivity contribution in [3.63, 3.8) is 0 Å². The van der Waals surface area contributed by atoms with Crippen molar-refractivity contribution in [2.75, 3.05) is 19.8 Å². The number of allylic oxidation sites excluding steroid dienone is 8. The predicted octanol–water partition coefficient (Wildman–Crippen LogP) is 11.2. The molecule has 0 amide bonds. The number of aliphatic hydroxyl groups is 5. The maximum absolute atomic E-state index is 12.8. The van der Waals surface area contributed by atoms with Crippen molar-refractivity contribution in [2.45, 2.75) is 249 Å². The Balaban J connectivity index is 2.35. The standard InChI is InChI=1S/C51H93O12P/c1-3-5-7-9-11-13-15-17-19-21-22-23-24-25-26-28-30-32-34-36-38-40-45(52)62-44(43-61-64(58,59)63-51-49(56)47(54)46(53)48(55)50(51)57)42-60-41-39-37-35-33-31-29-27-20-18-16-14-12-10-8-6-4-2/h12,14-15,17-18,20-22,44,46-51,53-57H,3-11,13,16,19,23-43H2,1-2H3,(H,58,59)/b14-12-,17-15-,20-18-,22-21-. The van der Waals surface area contributed by atoms with Crippen LogP contribution in [0.1, 0.15) is 206 Å². The molecular formula is C51H93O12P. The van der Waals surface area contributed by atoms with Crippen molar-refractivity contribution in [2.24, 2.45) is 0 Å². The molecule has 6 N–H and O–H groups in total. The number of esters is 1. The summed E-state index contributed by atoms with van der Waals surface area (Å²) in [5.41, 5.74) is 0. The summed E-state index contributed by atoms with van der Waals surface area (Å²) in [5, 5.41) is 50.3. The van der Waals surface area contributed by atoms with Gasteiger partial charge in [0.1, 0.15) is 42.7 Å². The third kappa shape index (κ3) is 32.9. The number of phosphoric acid groups is 1. The number of hydrogen-bond donors (Lipinski definition) is 6. The van der Waals surface area contributed by atoms with Crippen LogP contribution in [0.4, 0.5) is 0 Å². The molecule has 0 aromatic rings. The van der Waals surface area contributed by atoms with Gasteiger partial charge in [-0.2, -0.15) is 0 Å². The van der Waals surface area contributed by atoms with Gasteiger partial charge in [0.25, 0.3) is 0 Å². The molecule has 0 heterocycles. The summed E-state index contributed by atoms with van der Waals surface area (Å²) in [4.78, 5) is 23.2. The van der Waals surface area contributed by atoms with E-state index in [9.17, 15) is 39.8 Å². The van der Waals surface area contributed by atoms with Crippen molar-refractivity contribution in [1.29, 1.82) is 0 Å². The van der Waals surface area contributed by atoms with Crippen LogP contribution >= 0.6 is 7.82 Å². The highest BCUT2D eigenvalue weighted by Crippen LogP contribution is 2.47. The van der Waals surface area contributed by atoms with E-state index in [0.29, 0.717) is 13.0 Å². The average Bonchev–Trinajstić information content (AvgIpc) is 3.28. The van der Waals surface area contributed by atoms with E-state index in [1.165, 1.54) is 103 Å². The van der Waals surface area contributed by atoms with Crippen LogP contribution in [0.2, 0.25) is 0 Å². The van der Waals surface area contributed by atoms with Crippen LogP contribution in [0, 0.1) is 0 Å². The molecule has 1 rings (SSSR count). The molecule has 1 aliphatic rings. The Morgan fingerprint density at radius 3 is 1.34 bits per heavy atom. The molecule has 0 radical (unpaired) electrons. The second-order valence-electron chi connectivity index (χ2n) is 17.7. The molecule has 1 saturated carbocycles. The first kappa shape index (κ1) is 60.3. The van der Waals surface area contributed by atoms with Crippen LogP contribution in [-0.4, -0.2) is 98.9 Å². The molecule has 0 aromatic carbocycles. The molecule has 1 fully saturated rings. The van der Waals surface area contributed by atoms with Crippen LogP contribution in [0.15, 0.2) is 48.6 Å². The highest BCUT2D eigenvalue weighted by atomic mass is 31.2. The first-order valence-electron chi connectivity index (χ1n) is 25.5. The van der Waals surface area contributed by atoms with Crippen molar-refractivity contribution in [3.8, 4) is 0 Å². The van der Waals surface area contributed by atoms with E-state index in [1.54, 1.807) is 0 Å². The number of unbranched alkanes of at least 4 members (excludes halogenated alkanes) is 23. The van der Waals surface area contributed by atoms with E-state index in [-0.39, 0.29) is 13.0 Å². The second kappa shape index (κ2) is 41.5. The van der Waals surface area contributed by atoms with E-state index >= 15 is 0 Å². The van der Waals surface area contributed by atoms with Crippen molar-refractivity contribution >= 4 is 13.8 Å². The molecule has 0 aromatic heterocycles. The molecule has 0 spiro atoms. The van der Waals surface area contributed by atoms with E-state index in [2.05, 4.69) is 62.5 Å². The van der Waals surface area contributed by atoms with Crippen LogP contribution in [0.3, 0.4) is 0 Å². The van der Waals surface area contributed by atoms with E-state index in [1.807, 2.05) is 0 Å². The summed E-state index contributed by atoms with van der Waals surface area (Å²) in [7, 11) is -5.03. The highest BCUT2D eigenvalue weighted by molar-refractivity contribution is 7.47. The quantitative estimate of drug-likeness (QED) is 0.0147. The zero-order valence-electron chi connectivity index (χ0n) is 40.1. The monoisotopic (exact) mass is 929 g/mol. The normalized spacial score (nSPS) is 22.1. The van der Waals surface area contributed by atoms with Gasteiger partial charge in [0.05, 0.1) is 13.2 Å². The molecule has 64 heavy (non-hydrogen) atoms. The highest BCUT2D eigenvalue weighted by Gasteiger charge is 2.51. The molecule has 0 aliphatic heterocycles. The van der Waals surface area contributed by atoms with Gasteiger partial charge < -0.3 is 39.9 Å². The summed E-state index contributed by atoms with van der Waals surface area (Å²) in [6.07, 6.45) is 38.8. The lowest BCUT2D eigenvalue weighted by Gasteiger charge is -2.41. The zero-order chi connectivity index (χ0) is 46.9. The Morgan fingerprint density at radius 1 is 0.500 bits per heavy atom. The van der Waals surface area contributed by atoms with Gasteiger partial charge in [0.2, 0.25) is 0 Å². The Kier molecular flexibility index (Phi) is 39.1. The summed E-state index contributed by atoms with van der Waals surface area (Å²) in [5.74, 6) is -0.485. The third-order valence-electron chi connectivity index (χ3n) is 11.7. The first-order chi connectivity index (χ1) is 31.0. The smallest absolute Gasteiger partial charge is 0.457 e. The van der Waals surface area contributed by atoms with Crippen LogP contribution in [-0.2, 0) is 27.9 Å². The number of phosphoric ester groups is 1. The lowest BCUT2D eigenvalue weighted by atomic mass is 9.85. The zero-order valence-corrected chi connectivity index (χ0v) is 41.0. The van der Waals surface area contributed by atoms with Crippen LogP contribution in [0.5, 0.6) is 0 Å². The second-order valence-corrected chi connectivity index (χ2v) is 19.1. The molecule has 0 saturated heterocycles. The molecule has 6 atom stereocenters. The molecular weight excluding hydrogens is 836 g/mol. The molecule has 13 heteroatoms. The molecule has 12 nitrogen and oxygen atoms in total. The average molecular weight is 929 g/mol. The van der Waals surface area contributed by atoms with Gasteiger partial charge in [0, 0.05) is 13.0 Å².